The summed E-state index contributed by atoms with van der Waals surface area (Å²) in [5, 5.41) is 11.3. The van der Waals surface area contributed by atoms with Crippen molar-refractivity contribution in [2.75, 3.05) is 5.32 Å². The SMILES string of the molecule is O=C(Nc1ccc(Sc2nncs2)c(Cl)c1)c1cc(Cl)nc(Cl)c1. The van der Waals surface area contributed by atoms with Gasteiger partial charge in [-0.3, -0.25) is 4.79 Å². The van der Waals surface area contributed by atoms with Crippen LogP contribution in [0.25, 0.3) is 0 Å². The highest BCUT2D eigenvalue weighted by Crippen LogP contribution is 2.35. The average molecular weight is 418 g/mol. The highest BCUT2D eigenvalue weighted by Gasteiger charge is 2.11. The first-order valence-electron chi connectivity index (χ1n) is 6.39. The first-order chi connectivity index (χ1) is 11.5. The Labute approximate surface area is 160 Å². The molecule has 1 aromatic carbocycles. The summed E-state index contributed by atoms with van der Waals surface area (Å²) in [6.07, 6.45) is 0. The lowest BCUT2D eigenvalue weighted by Gasteiger charge is -2.08. The Bertz CT molecular complexity index is 869. The summed E-state index contributed by atoms with van der Waals surface area (Å²) in [6.45, 7) is 0. The summed E-state index contributed by atoms with van der Waals surface area (Å²) >= 11 is 20.7. The number of anilines is 1. The maximum atomic E-state index is 12.2. The van der Waals surface area contributed by atoms with Gasteiger partial charge in [-0.15, -0.1) is 10.2 Å². The van der Waals surface area contributed by atoms with E-state index in [1.54, 1.807) is 23.7 Å². The molecule has 1 amide bonds. The van der Waals surface area contributed by atoms with Crippen molar-refractivity contribution in [2.45, 2.75) is 9.24 Å². The summed E-state index contributed by atoms with van der Waals surface area (Å²) in [5.74, 6) is -0.359. The minimum atomic E-state index is -0.359. The number of amides is 1. The van der Waals surface area contributed by atoms with Crippen molar-refractivity contribution in [1.82, 2.24) is 15.2 Å². The molecule has 2 heterocycles. The minimum absolute atomic E-state index is 0.148. The molecule has 0 fully saturated rings. The van der Waals surface area contributed by atoms with Crippen LogP contribution in [-0.4, -0.2) is 21.1 Å². The molecule has 0 saturated carbocycles. The number of carbonyl (C=O) groups is 1. The molecule has 0 aliphatic rings. The van der Waals surface area contributed by atoms with Gasteiger partial charge >= 0.3 is 0 Å². The lowest BCUT2D eigenvalue weighted by atomic mass is 10.2. The Morgan fingerprint density at radius 3 is 2.50 bits per heavy atom. The molecule has 24 heavy (non-hydrogen) atoms. The van der Waals surface area contributed by atoms with E-state index in [1.807, 2.05) is 0 Å². The van der Waals surface area contributed by atoms with Crippen molar-refractivity contribution < 1.29 is 4.79 Å². The maximum Gasteiger partial charge on any atom is 0.255 e. The fraction of sp³-hybridized carbons (Fsp3) is 0. The first-order valence-corrected chi connectivity index (χ1v) is 9.22. The van der Waals surface area contributed by atoms with E-state index in [-0.39, 0.29) is 16.2 Å². The third-order valence-corrected chi connectivity index (χ3v) is 5.42. The van der Waals surface area contributed by atoms with E-state index in [9.17, 15) is 4.79 Å². The second kappa shape index (κ2) is 7.67. The highest BCUT2D eigenvalue weighted by atomic mass is 35.5. The van der Waals surface area contributed by atoms with Gasteiger partial charge in [0, 0.05) is 16.1 Å². The molecule has 3 aromatic rings. The third-order valence-electron chi connectivity index (χ3n) is 2.75. The number of hydrogen-bond acceptors (Lipinski definition) is 6. The highest BCUT2D eigenvalue weighted by molar-refractivity contribution is 8.01. The summed E-state index contributed by atoms with van der Waals surface area (Å²) in [4.78, 5) is 16.9. The summed E-state index contributed by atoms with van der Waals surface area (Å²) in [6, 6.07) is 8.08. The molecular weight excluding hydrogens is 411 g/mol. The van der Waals surface area contributed by atoms with Crippen LogP contribution in [0.3, 0.4) is 0 Å². The zero-order chi connectivity index (χ0) is 17.1. The number of carbonyl (C=O) groups excluding carboxylic acids is 1. The largest absolute Gasteiger partial charge is 0.322 e. The number of hydrogen-bond donors (Lipinski definition) is 1. The van der Waals surface area contributed by atoms with E-state index < -0.39 is 0 Å². The third kappa shape index (κ3) is 4.37. The molecule has 0 aliphatic heterocycles. The Kier molecular flexibility index (Phi) is 5.57. The molecule has 0 spiro atoms. The summed E-state index contributed by atoms with van der Waals surface area (Å²) in [5.41, 5.74) is 2.51. The van der Waals surface area contributed by atoms with Crippen molar-refractivity contribution in [3.05, 3.63) is 56.7 Å². The minimum Gasteiger partial charge on any atom is -0.322 e. The smallest absolute Gasteiger partial charge is 0.255 e. The molecule has 2 aromatic heterocycles. The van der Waals surface area contributed by atoms with Gasteiger partial charge in [-0.05, 0) is 30.3 Å². The molecule has 10 heteroatoms. The molecule has 5 nitrogen and oxygen atoms in total. The second-order valence-corrected chi connectivity index (χ2v) is 7.71. The van der Waals surface area contributed by atoms with Crippen molar-refractivity contribution in [2.24, 2.45) is 0 Å². The van der Waals surface area contributed by atoms with Crippen LogP contribution in [0.4, 0.5) is 5.69 Å². The lowest BCUT2D eigenvalue weighted by molar-refractivity contribution is 0.102. The monoisotopic (exact) mass is 416 g/mol. The number of halogens is 3. The van der Waals surface area contributed by atoms with Crippen LogP contribution in [0.1, 0.15) is 10.4 Å². The van der Waals surface area contributed by atoms with Crippen molar-refractivity contribution >= 4 is 69.5 Å². The number of rotatable bonds is 4. The fourth-order valence-corrected chi connectivity index (χ4v) is 3.96. The Morgan fingerprint density at radius 1 is 1.12 bits per heavy atom. The number of pyridine rings is 1. The summed E-state index contributed by atoms with van der Waals surface area (Å²) in [7, 11) is 0. The van der Waals surface area contributed by atoms with E-state index >= 15 is 0 Å². The lowest BCUT2D eigenvalue weighted by Crippen LogP contribution is -2.12. The van der Waals surface area contributed by atoms with Gasteiger partial charge < -0.3 is 5.32 Å². The van der Waals surface area contributed by atoms with Crippen molar-refractivity contribution in [3.8, 4) is 0 Å². The first kappa shape index (κ1) is 17.4. The predicted octanol–water partition coefficient (Wildman–Crippen LogP) is 5.30. The molecule has 0 bridgehead atoms. The van der Waals surface area contributed by atoms with E-state index in [0.717, 1.165) is 9.24 Å². The molecular formula is C14H7Cl3N4OS2. The average Bonchev–Trinajstić information content (AvgIpc) is 3.02. The van der Waals surface area contributed by atoms with Gasteiger partial charge in [-0.25, -0.2) is 4.98 Å². The van der Waals surface area contributed by atoms with E-state index in [4.69, 9.17) is 34.8 Å². The quantitative estimate of drug-likeness (QED) is 0.584. The van der Waals surface area contributed by atoms with Crippen LogP contribution in [0.15, 0.2) is 45.1 Å². The topological polar surface area (TPSA) is 67.8 Å². The van der Waals surface area contributed by atoms with Crippen LogP contribution in [-0.2, 0) is 0 Å². The molecule has 0 saturated heterocycles. The van der Waals surface area contributed by atoms with E-state index in [0.29, 0.717) is 16.3 Å². The van der Waals surface area contributed by atoms with E-state index in [2.05, 4.69) is 20.5 Å². The second-order valence-electron chi connectivity index (χ2n) is 4.41. The van der Waals surface area contributed by atoms with Gasteiger partial charge in [0.25, 0.3) is 5.91 Å². The number of nitrogens with one attached hydrogen (secondary N) is 1. The molecule has 0 aliphatic carbocycles. The normalized spacial score (nSPS) is 10.6. The van der Waals surface area contributed by atoms with Crippen LogP contribution in [0, 0.1) is 0 Å². The Balaban J connectivity index is 1.75. The van der Waals surface area contributed by atoms with Crippen molar-refractivity contribution in [3.63, 3.8) is 0 Å². The molecule has 0 radical (unpaired) electrons. The Hall–Kier alpha value is -1.38. The molecule has 0 unspecified atom stereocenters. The molecule has 3 rings (SSSR count). The number of benzene rings is 1. The number of nitrogens with zero attached hydrogens (tertiary/aromatic N) is 3. The maximum absolute atomic E-state index is 12.2. The van der Waals surface area contributed by atoms with Crippen LogP contribution < -0.4 is 5.32 Å². The van der Waals surface area contributed by atoms with Gasteiger partial charge in [0.1, 0.15) is 15.8 Å². The molecule has 0 atom stereocenters. The Morgan fingerprint density at radius 2 is 1.88 bits per heavy atom. The van der Waals surface area contributed by atoms with Crippen LogP contribution in [0.5, 0.6) is 0 Å². The number of aromatic nitrogens is 3. The van der Waals surface area contributed by atoms with E-state index in [1.165, 1.54) is 35.2 Å². The standard InChI is InChI=1S/C14H7Cl3N4OS2/c15-9-5-8(1-2-10(9)24-14-21-18-6-23-14)19-13(22)7-3-11(16)20-12(17)4-7/h1-6H,(H,19,22). The van der Waals surface area contributed by atoms with Gasteiger partial charge in [-0.2, -0.15) is 0 Å². The zero-order valence-corrected chi connectivity index (χ0v) is 15.6. The zero-order valence-electron chi connectivity index (χ0n) is 11.7. The summed E-state index contributed by atoms with van der Waals surface area (Å²) < 4.78 is 0.787. The van der Waals surface area contributed by atoms with Gasteiger partial charge in [0.2, 0.25) is 0 Å². The van der Waals surface area contributed by atoms with Gasteiger partial charge in [0.05, 0.1) is 5.02 Å². The fourth-order valence-electron chi connectivity index (χ4n) is 1.76. The predicted molar refractivity (Wildman–Crippen MR) is 97.7 cm³/mol. The van der Waals surface area contributed by atoms with Gasteiger partial charge in [0.15, 0.2) is 4.34 Å². The molecule has 122 valence electrons. The molecule has 1 N–H and O–H groups in total. The van der Waals surface area contributed by atoms with Crippen LogP contribution >= 0.6 is 57.9 Å². The van der Waals surface area contributed by atoms with Crippen LogP contribution in [0.2, 0.25) is 15.3 Å². The van der Waals surface area contributed by atoms with Crippen molar-refractivity contribution in [1.29, 1.82) is 0 Å². The van der Waals surface area contributed by atoms with Gasteiger partial charge in [-0.1, -0.05) is 57.9 Å².